The van der Waals surface area contributed by atoms with Gasteiger partial charge in [-0.25, -0.2) is 0 Å². The van der Waals surface area contributed by atoms with Gasteiger partial charge in [0.2, 0.25) is 0 Å². The standard InChI is InChI=1S/C9H20O2/c1-7(2)11-8(10)6-9(3,4)5/h7-8,10H,6H2,1-5H3. The lowest BCUT2D eigenvalue weighted by molar-refractivity contribution is -0.141. The fourth-order valence-corrected chi connectivity index (χ4v) is 0.886. The van der Waals surface area contributed by atoms with Crippen molar-refractivity contribution in [1.29, 1.82) is 0 Å². The van der Waals surface area contributed by atoms with Crippen molar-refractivity contribution >= 4 is 0 Å². The van der Waals surface area contributed by atoms with Crippen molar-refractivity contribution in [1.82, 2.24) is 0 Å². The van der Waals surface area contributed by atoms with Gasteiger partial charge in [-0.3, -0.25) is 0 Å². The number of hydrogen-bond donors (Lipinski definition) is 1. The van der Waals surface area contributed by atoms with Gasteiger partial charge in [0.15, 0.2) is 6.29 Å². The van der Waals surface area contributed by atoms with Gasteiger partial charge in [0.05, 0.1) is 6.10 Å². The van der Waals surface area contributed by atoms with Gasteiger partial charge in [0, 0.05) is 6.42 Å². The van der Waals surface area contributed by atoms with E-state index in [-0.39, 0.29) is 11.5 Å². The number of aliphatic hydroxyl groups excluding tert-OH is 1. The molecule has 0 saturated heterocycles. The molecule has 0 aliphatic carbocycles. The zero-order valence-corrected chi connectivity index (χ0v) is 8.22. The molecule has 68 valence electrons. The summed E-state index contributed by atoms with van der Waals surface area (Å²) < 4.78 is 5.18. The zero-order chi connectivity index (χ0) is 9.07. The van der Waals surface area contributed by atoms with Crippen molar-refractivity contribution < 1.29 is 9.84 Å². The molecule has 2 heteroatoms. The Balaban J connectivity index is 3.61. The van der Waals surface area contributed by atoms with E-state index in [4.69, 9.17) is 4.74 Å². The van der Waals surface area contributed by atoms with Crippen molar-refractivity contribution in [3.63, 3.8) is 0 Å². The minimum Gasteiger partial charge on any atom is -0.368 e. The Morgan fingerprint density at radius 3 is 2.00 bits per heavy atom. The van der Waals surface area contributed by atoms with Crippen LogP contribution in [0.4, 0.5) is 0 Å². The molecule has 0 heterocycles. The zero-order valence-electron chi connectivity index (χ0n) is 8.22. The lowest BCUT2D eigenvalue weighted by Crippen LogP contribution is -2.23. The van der Waals surface area contributed by atoms with Crippen molar-refractivity contribution in [2.45, 2.75) is 53.4 Å². The van der Waals surface area contributed by atoms with Crippen LogP contribution in [0.3, 0.4) is 0 Å². The highest BCUT2D eigenvalue weighted by molar-refractivity contribution is 4.62. The maximum atomic E-state index is 9.33. The minimum atomic E-state index is -0.616. The molecular formula is C9H20O2. The maximum absolute atomic E-state index is 9.33. The molecule has 0 saturated carbocycles. The Morgan fingerprint density at radius 1 is 1.27 bits per heavy atom. The number of rotatable bonds is 3. The van der Waals surface area contributed by atoms with Crippen LogP contribution in [0.25, 0.3) is 0 Å². The summed E-state index contributed by atoms with van der Waals surface area (Å²) in [6.07, 6.45) is 0.174. The molecule has 0 amide bonds. The largest absolute Gasteiger partial charge is 0.368 e. The molecule has 11 heavy (non-hydrogen) atoms. The second-order valence-electron chi connectivity index (χ2n) is 4.40. The molecule has 0 aliphatic rings. The van der Waals surface area contributed by atoms with Crippen molar-refractivity contribution in [3.8, 4) is 0 Å². The number of ether oxygens (including phenoxy) is 1. The third-order valence-electron chi connectivity index (χ3n) is 1.22. The summed E-state index contributed by atoms with van der Waals surface area (Å²) in [6, 6.07) is 0. The topological polar surface area (TPSA) is 29.5 Å². The molecule has 0 rings (SSSR count). The Labute approximate surface area is 69.6 Å². The fourth-order valence-electron chi connectivity index (χ4n) is 0.886. The van der Waals surface area contributed by atoms with E-state index in [1.54, 1.807) is 0 Å². The van der Waals surface area contributed by atoms with Crippen molar-refractivity contribution in [2.24, 2.45) is 5.41 Å². The summed E-state index contributed by atoms with van der Waals surface area (Å²) in [5, 5.41) is 9.33. The fraction of sp³-hybridized carbons (Fsp3) is 1.00. The van der Waals surface area contributed by atoms with E-state index in [0.29, 0.717) is 6.42 Å². The van der Waals surface area contributed by atoms with Crippen LogP contribution in [0, 0.1) is 5.41 Å². The second kappa shape index (κ2) is 4.07. The smallest absolute Gasteiger partial charge is 0.155 e. The van der Waals surface area contributed by atoms with E-state index >= 15 is 0 Å². The summed E-state index contributed by atoms with van der Waals surface area (Å²) in [5.74, 6) is 0. The first-order valence-electron chi connectivity index (χ1n) is 4.15. The predicted octanol–water partition coefficient (Wildman–Crippen LogP) is 2.17. The third kappa shape index (κ3) is 7.82. The SMILES string of the molecule is CC(C)OC(O)CC(C)(C)C. The van der Waals surface area contributed by atoms with Gasteiger partial charge in [-0.15, -0.1) is 0 Å². The molecule has 0 fully saturated rings. The van der Waals surface area contributed by atoms with Crippen LogP contribution in [0.15, 0.2) is 0 Å². The van der Waals surface area contributed by atoms with Crippen LogP contribution in [-0.4, -0.2) is 17.5 Å². The summed E-state index contributed by atoms with van der Waals surface area (Å²) in [4.78, 5) is 0. The first-order chi connectivity index (χ1) is 4.81. The Bertz CT molecular complexity index is 103. The van der Waals surface area contributed by atoms with E-state index in [2.05, 4.69) is 20.8 Å². The lowest BCUT2D eigenvalue weighted by Gasteiger charge is -2.23. The van der Waals surface area contributed by atoms with E-state index in [1.165, 1.54) is 0 Å². The van der Waals surface area contributed by atoms with Crippen LogP contribution in [0.5, 0.6) is 0 Å². The Morgan fingerprint density at radius 2 is 1.73 bits per heavy atom. The van der Waals surface area contributed by atoms with Gasteiger partial charge in [0.1, 0.15) is 0 Å². The lowest BCUT2D eigenvalue weighted by atomic mass is 9.92. The highest BCUT2D eigenvalue weighted by Crippen LogP contribution is 2.21. The second-order valence-corrected chi connectivity index (χ2v) is 4.40. The van der Waals surface area contributed by atoms with Crippen LogP contribution in [0.2, 0.25) is 0 Å². The maximum Gasteiger partial charge on any atom is 0.155 e. The highest BCUT2D eigenvalue weighted by Gasteiger charge is 2.17. The van der Waals surface area contributed by atoms with Crippen LogP contribution >= 0.6 is 0 Å². The molecule has 1 unspecified atom stereocenters. The summed E-state index contributed by atoms with van der Waals surface area (Å²) >= 11 is 0. The molecule has 0 aromatic rings. The van der Waals surface area contributed by atoms with Crippen LogP contribution < -0.4 is 0 Å². The molecule has 2 nitrogen and oxygen atoms in total. The molecule has 1 N–H and O–H groups in total. The van der Waals surface area contributed by atoms with Crippen molar-refractivity contribution in [3.05, 3.63) is 0 Å². The molecule has 0 aromatic carbocycles. The van der Waals surface area contributed by atoms with E-state index in [0.717, 1.165) is 0 Å². The molecule has 0 bridgehead atoms. The Kier molecular flexibility index (Phi) is 4.04. The average molecular weight is 160 g/mol. The normalized spacial score (nSPS) is 15.5. The van der Waals surface area contributed by atoms with Crippen LogP contribution in [0.1, 0.15) is 41.0 Å². The van der Waals surface area contributed by atoms with E-state index < -0.39 is 6.29 Å². The quantitative estimate of drug-likeness (QED) is 0.641. The summed E-state index contributed by atoms with van der Waals surface area (Å²) in [6.45, 7) is 10.1. The molecular weight excluding hydrogens is 140 g/mol. The first kappa shape index (κ1) is 10.9. The van der Waals surface area contributed by atoms with Crippen LogP contribution in [-0.2, 0) is 4.74 Å². The summed E-state index contributed by atoms with van der Waals surface area (Å²) in [5.41, 5.74) is 0.133. The average Bonchev–Trinajstić information content (AvgIpc) is 1.53. The molecule has 0 spiro atoms. The molecule has 0 aliphatic heterocycles. The molecule has 1 atom stereocenters. The number of aliphatic hydroxyl groups is 1. The summed E-state index contributed by atoms with van der Waals surface area (Å²) in [7, 11) is 0. The Hall–Kier alpha value is -0.0800. The van der Waals surface area contributed by atoms with Gasteiger partial charge in [-0.2, -0.15) is 0 Å². The third-order valence-corrected chi connectivity index (χ3v) is 1.22. The highest BCUT2D eigenvalue weighted by atomic mass is 16.6. The van der Waals surface area contributed by atoms with Gasteiger partial charge >= 0.3 is 0 Å². The van der Waals surface area contributed by atoms with Crippen molar-refractivity contribution in [2.75, 3.05) is 0 Å². The van der Waals surface area contributed by atoms with Gasteiger partial charge < -0.3 is 9.84 Å². The van der Waals surface area contributed by atoms with E-state index in [9.17, 15) is 5.11 Å². The van der Waals surface area contributed by atoms with Gasteiger partial charge in [-0.05, 0) is 19.3 Å². The number of hydrogen-bond acceptors (Lipinski definition) is 2. The van der Waals surface area contributed by atoms with E-state index in [1.807, 2.05) is 13.8 Å². The minimum absolute atomic E-state index is 0.104. The predicted molar refractivity (Wildman–Crippen MR) is 46.3 cm³/mol. The molecule has 0 aromatic heterocycles. The molecule has 0 radical (unpaired) electrons. The monoisotopic (exact) mass is 160 g/mol. The van der Waals surface area contributed by atoms with Gasteiger partial charge in [-0.1, -0.05) is 20.8 Å². The first-order valence-corrected chi connectivity index (χ1v) is 4.15. The van der Waals surface area contributed by atoms with Gasteiger partial charge in [0.25, 0.3) is 0 Å².